The van der Waals surface area contributed by atoms with Gasteiger partial charge in [0.1, 0.15) is 6.04 Å². The lowest BCUT2D eigenvalue weighted by Gasteiger charge is -2.50. The van der Waals surface area contributed by atoms with E-state index in [9.17, 15) is 9.90 Å². The third-order valence-electron chi connectivity index (χ3n) is 6.01. The summed E-state index contributed by atoms with van der Waals surface area (Å²) < 4.78 is 5.99. The van der Waals surface area contributed by atoms with E-state index in [1.54, 1.807) is 0 Å². The van der Waals surface area contributed by atoms with Crippen LogP contribution in [0.15, 0.2) is 0 Å². The van der Waals surface area contributed by atoms with Gasteiger partial charge in [-0.25, -0.2) is 0 Å². The van der Waals surface area contributed by atoms with Crippen molar-refractivity contribution in [3.05, 3.63) is 0 Å². The first-order chi connectivity index (χ1) is 9.65. The molecule has 1 spiro atoms. The monoisotopic (exact) mass is 282 g/mol. The Morgan fingerprint density at radius 1 is 1.30 bits per heavy atom. The number of aliphatic hydroxyl groups is 1. The Morgan fingerprint density at radius 2 is 1.90 bits per heavy atom. The second-order valence-corrected chi connectivity index (χ2v) is 7.07. The van der Waals surface area contributed by atoms with Gasteiger partial charge in [-0.3, -0.25) is 4.79 Å². The fraction of sp³-hybridized carbons (Fsp3) is 0.929. The summed E-state index contributed by atoms with van der Waals surface area (Å²) in [6.45, 7) is -0.765. The van der Waals surface area contributed by atoms with E-state index >= 15 is 0 Å². The van der Waals surface area contributed by atoms with Gasteiger partial charge < -0.3 is 20.7 Å². The molecule has 3 rings (SSSR count). The van der Waals surface area contributed by atoms with Crippen LogP contribution in [0.1, 0.15) is 51.4 Å². The number of hydrogen-bond donors (Lipinski definition) is 3. The summed E-state index contributed by atoms with van der Waals surface area (Å²) in [6, 6.07) is -0.114. The number of quaternary nitrogens is 1. The van der Waals surface area contributed by atoms with Crippen molar-refractivity contribution in [1.29, 1.82) is 0 Å². The molecule has 0 saturated carbocycles. The minimum Gasteiger partial charge on any atom is -0.634 e. The van der Waals surface area contributed by atoms with Gasteiger partial charge in [0, 0.05) is 13.0 Å². The van der Waals surface area contributed by atoms with Gasteiger partial charge in [0.25, 0.3) is 0 Å². The largest absolute Gasteiger partial charge is 0.634 e. The number of carbonyl (C=O) groups is 1. The minimum atomic E-state index is -1.03. The fourth-order valence-electron chi connectivity index (χ4n) is 4.98. The Kier molecular flexibility index (Phi) is 4.06. The van der Waals surface area contributed by atoms with Crippen molar-refractivity contribution in [1.82, 2.24) is 0 Å². The van der Waals surface area contributed by atoms with Gasteiger partial charge in [0.05, 0.1) is 6.10 Å². The maximum atomic E-state index is 12.2. The smallest absolute Gasteiger partial charge is 0.389 e. The Morgan fingerprint density at radius 3 is 2.45 bits per heavy atom. The third kappa shape index (κ3) is 2.38. The van der Waals surface area contributed by atoms with Gasteiger partial charge >= 0.3 is 12.5 Å². The molecule has 0 amide bonds. The molecule has 0 aromatic rings. The highest BCUT2D eigenvalue weighted by Gasteiger charge is 2.59. The molecule has 2 atom stereocenters. The normalized spacial score (nSPS) is 41.7. The van der Waals surface area contributed by atoms with E-state index in [-0.39, 0.29) is 18.6 Å². The van der Waals surface area contributed by atoms with Crippen LogP contribution in [0.3, 0.4) is 0 Å². The van der Waals surface area contributed by atoms with Crippen molar-refractivity contribution >= 4 is 12.5 Å². The molecule has 20 heavy (non-hydrogen) atoms. The average Bonchev–Trinajstić information content (AvgIpc) is 2.72. The van der Waals surface area contributed by atoms with Crippen molar-refractivity contribution < 1.29 is 19.8 Å². The first-order valence-corrected chi connectivity index (χ1v) is 8.29. The molecule has 3 heterocycles. The van der Waals surface area contributed by atoms with Crippen LogP contribution >= 0.6 is 0 Å². The second-order valence-electron chi connectivity index (χ2n) is 7.07. The van der Waals surface area contributed by atoms with E-state index in [4.69, 9.17) is 10.4 Å². The van der Waals surface area contributed by atoms with Gasteiger partial charge in [-0.2, -0.15) is 0 Å². The molecule has 0 radical (unpaired) electrons. The molecule has 3 aliphatic heterocycles. The Bertz CT molecular complexity index is 357. The van der Waals surface area contributed by atoms with Gasteiger partial charge in [-0.15, -0.1) is 0 Å². The van der Waals surface area contributed by atoms with Crippen molar-refractivity contribution in [3.63, 3.8) is 0 Å². The van der Waals surface area contributed by atoms with E-state index in [1.165, 1.54) is 38.5 Å². The van der Waals surface area contributed by atoms with Crippen LogP contribution in [-0.4, -0.2) is 36.3 Å². The summed E-state index contributed by atoms with van der Waals surface area (Å²) in [5.74, 6) is 1.14. The SMILES string of the molecule is NC[C@H](O)CC[C@@H]1[NH2+][B-]2(OC1=O)C1CCCC2CCC1. The van der Waals surface area contributed by atoms with Gasteiger partial charge in [0.2, 0.25) is 0 Å². The van der Waals surface area contributed by atoms with Crippen molar-refractivity contribution in [3.8, 4) is 0 Å². The molecule has 5 nitrogen and oxygen atoms in total. The molecule has 0 aromatic heterocycles. The van der Waals surface area contributed by atoms with Crippen LogP contribution in [-0.2, 0) is 9.45 Å². The number of rotatable bonds is 4. The second kappa shape index (κ2) is 5.66. The van der Waals surface area contributed by atoms with Crippen LogP contribution in [0.25, 0.3) is 0 Å². The minimum absolute atomic E-state index is 0.0481. The zero-order chi connectivity index (χ0) is 14.2. The first kappa shape index (κ1) is 14.4. The lowest BCUT2D eigenvalue weighted by atomic mass is 9.28. The Hall–Kier alpha value is -0.585. The van der Waals surface area contributed by atoms with Crippen LogP contribution in [0.4, 0.5) is 0 Å². The van der Waals surface area contributed by atoms with Crippen LogP contribution < -0.4 is 11.0 Å². The Balaban J connectivity index is 1.68. The fourth-order valence-corrected chi connectivity index (χ4v) is 4.98. The van der Waals surface area contributed by atoms with Crippen molar-refractivity contribution in [2.75, 3.05) is 6.54 Å². The average molecular weight is 282 g/mol. The highest BCUT2D eigenvalue weighted by atomic mass is 16.5. The molecule has 3 aliphatic rings. The number of hydrogen-bond acceptors (Lipinski definition) is 4. The van der Waals surface area contributed by atoms with Crippen LogP contribution in [0.2, 0.25) is 11.6 Å². The van der Waals surface area contributed by atoms with Gasteiger partial charge in [-0.05, 0) is 6.42 Å². The summed E-state index contributed by atoms with van der Waals surface area (Å²) in [7, 11) is 0. The van der Waals surface area contributed by atoms with Gasteiger partial charge in [-0.1, -0.05) is 50.2 Å². The van der Waals surface area contributed by atoms with E-state index in [0.717, 1.165) is 0 Å². The molecular formula is C14H27BN2O3. The molecule has 5 N–H and O–H groups in total. The predicted octanol–water partition coefficient (Wildman–Crippen LogP) is 0.125. The molecular weight excluding hydrogens is 255 g/mol. The number of nitrogens with two attached hydrogens (primary N) is 2. The van der Waals surface area contributed by atoms with E-state index in [1.807, 2.05) is 0 Å². The molecule has 114 valence electrons. The molecule has 3 fully saturated rings. The zero-order valence-corrected chi connectivity index (χ0v) is 12.2. The van der Waals surface area contributed by atoms with E-state index < -0.39 is 12.6 Å². The number of carbonyl (C=O) groups excluding carboxylic acids is 1. The van der Waals surface area contributed by atoms with Crippen molar-refractivity contribution in [2.24, 2.45) is 5.73 Å². The molecule has 6 heteroatoms. The molecule has 2 bridgehead atoms. The molecule has 0 unspecified atom stereocenters. The third-order valence-corrected chi connectivity index (χ3v) is 6.01. The summed E-state index contributed by atoms with van der Waals surface area (Å²) in [5, 5.41) is 11.8. The number of aliphatic hydroxyl groups excluding tert-OH is 1. The van der Waals surface area contributed by atoms with Crippen LogP contribution in [0, 0.1) is 0 Å². The Labute approximate surface area is 120 Å². The highest BCUT2D eigenvalue weighted by Crippen LogP contribution is 2.51. The lowest BCUT2D eigenvalue weighted by Crippen LogP contribution is -3.03. The van der Waals surface area contributed by atoms with Gasteiger partial charge in [0.15, 0.2) is 0 Å². The quantitative estimate of drug-likeness (QED) is 0.639. The molecule has 0 aliphatic carbocycles. The summed E-state index contributed by atoms with van der Waals surface area (Å²) >= 11 is 0. The van der Waals surface area contributed by atoms with Crippen LogP contribution in [0.5, 0.6) is 0 Å². The van der Waals surface area contributed by atoms with E-state index in [2.05, 4.69) is 5.23 Å². The maximum absolute atomic E-state index is 12.2. The standard InChI is InChI=1S/C14H27BN2O3/c16-9-12(18)7-8-13-14(19)20-15(17-13)10-3-1-4-11(15)6-2-5-10/h10-13,18H,1-9,16-17H2/t10?,11?,12-,13+,15?/m1/s1. The van der Waals surface area contributed by atoms with E-state index in [0.29, 0.717) is 24.5 Å². The predicted molar refractivity (Wildman–Crippen MR) is 77.1 cm³/mol. The molecule has 3 saturated heterocycles. The highest BCUT2D eigenvalue weighted by molar-refractivity contribution is 6.71. The summed E-state index contributed by atoms with van der Waals surface area (Å²) in [4.78, 5) is 12.2. The summed E-state index contributed by atoms with van der Waals surface area (Å²) in [6.07, 6.45) is 8.25. The lowest BCUT2D eigenvalue weighted by molar-refractivity contribution is -0.560. The maximum Gasteiger partial charge on any atom is 0.389 e. The van der Waals surface area contributed by atoms with Crippen molar-refractivity contribution in [2.45, 2.75) is 75.1 Å². The summed E-state index contributed by atoms with van der Waals surface area (Å²) in [5.41, 5.74) is 5.43. The molecule has 0 aromatic carbocycles. The first-order valence-electron chi connectivity index (χ1n) is 8.29. The topological polar surface area (TPSA) is 89.2 Å². The zero-order valence-electron chi connectivity index (χ0n) is 12.2.